The first-order valence-corrected chi connectivity index (χ1v) is 16.1. The Morgan fingerprint density at radius 1 is 0.604 bits per heavy atom. The van der Waals surface area contributed by atoms with Crippen molar-refractivity contribution in [3.05, 3.63) is 142 Å². The highest BCUT2D eigenvalue weighted by Crippen LogP contribution is 2.26. The molecule has 2 aromatic carbocycles. The molecule has 6 rings (SSSR count). The maximum atomic E-state index is 12.2. The molecule has 0 atom stereocenters. The third kappa shape index (κ3) is 11.7. The fraction of sp³-hybridized carbons (Fsp3) is 0.158. The average molecular weight is 796 g/mol. The second-order valence-corrected chi connectivity index (χ2v) is 11.6. The van der Waals surface area contributed by atoms with Gasteiger partial charge < -0.3 is 9.47 Å². The van der Waals surface area contributed by atoms with E-state index in [1.54, 1.807) is 35.6 Å². The summed E-state index contributed by atoms with van der Waals surface area (Å²) in [6.07, 6.45) is -0.620. The topological polar surface area (TPSA) is 79.9 Å². The van der Waals surface area contributed by atoms with Crippen LogP contribution < -0.4 is 9.47 Å². The summed E-state index contributed by atoms with van der Waals surface area (Å²) in [6, 6.07) is 22.1. The van der Waals surface area contributed by atoms with Crippen LogP contribution in [-0.4, -0.2) is 42.3 Å². The van der Waals surface area contributed by atoms with Crippen LogP contribution in [0.25, 0.3) is 11.4 Å². The number of nitrogens with zero attached hydrogens (tertiary/aromatic N) is 6. The quantitative estimate of drug-likeness (QED) is 0.101. The lowest BCUT2D eigenvalue weighted by molar-refractivity contribution is -0.275. The molecule has 0 saturated carbocycles. The van der Waals surface area contributed by atoms with Gasteiger partial charge in [-0.05, 0) is 122 Å². The molecule has 0 N–H and O–H groups in total. The van der Waals surface area contributed by atoms with Crippen LogP contribution in [0, 0.1) is 51.9 Å². The fourth-order valence-corrected chi connectivity index (χ4v) is 4.93. The van der Waals surface area contributed by atoms with E-state index in [0.717, 1.165) is 27.2 Å². The van der Waals surface area contributed by atoms with Crippen LogP contribution in [0.3, 0.4) is 0 Å². The van der Waals surface area contributed by atoms with Crippen molar-refractivity contribution in [2.75, 3.05) is 0 Å². The largest absolute Gasteiger partial charge is 0.573 e. The first-order chi connectivity index (χ1) is 25.0. The molecule has 8 nitrogen and oxygen atoms in total. The first kappa shape index (κ1) is 39.7. The molecule has 0 spiro atoms. The third-order valence-electron chi connectivity index (χ3n) is 6.97. The van der Waals surface area contributed by atoms with Gasteiger partial charge in [0.15, 0.2) is 0 Å². The second-order valence-electron chi connectivity index (χ2n) is 10.8. The van der Waals surface area contributed by atoms with Crippen LogP contribution in [-0.2, 0) is 0 Å². The number of terminal acetylenes is 1. The van der Waals surface area contributed by atoms with E-state index in [2.05, 4.69) is 63.3 Å². The molecule has 0 amide bonds. The van der Waals surface area contributed by atoms with Crippen molar-refractivity contribution in [2.24, 2.45) is 0 Å². The SMILES string of the molecule is Brc1ccccn1.C#Cc1c(C)nn(-c2ccc(OC(F)(F)F)cc2)c1C.Cc1nn(-c2ccc(OC(F)(F)F)cc2)c(C)c1C#Cc1ccccn1. The highest BCUT2D eigenvalue weighted by Gasteiger charge is 2.31. The maximum absolute atomic E-state index is 12.2. The molecule has 0 fully saturated rings. The van der Waals surface area contributed by atoms with Crippen LogP contribution in [0.4, 0.5) is 26.3 Å². The van der Waals surface area contributed by atoms with Crippen molar-refractivity contribution in [2.45, 2.75) is 40.4 Å². The minimum absolute atomic E-state index is 0.278. The van der Waals surface area contributed by atoms with Gasteiger partial charge in [0.2, 0.25) is 0 Å². The Labute approximate surface area is 309 Å². The third-order valence-corrected chi connectivity index (χ3v) is 7.44. The molecular formula is C38H29BrF6N6O2. The number of hydrogen-bond donors (Lipinski definition) is 0. The number of aryl methyl sites for hydroxylation is 2. The Morgan fingerprint density at radius 2 is 1.06 bits per heavy atom. The van der Waals surface area contributed by atoms with Gasteiger partial charge in [-0.1, -0.05) is 24.0 Å². The van der Waals surface area contributed by atoms with Crippen LogP contribution in [0.2, 0.25) is 0 Å². The number of benzene rings is 2. The van der Waals surface area contributed by atoms with Crippen LogP contribution in [0.5, 0.6) is 11.5 Å². The van der Waals surface area contributed by atoms with Gasteiger partial charge in [-0.3, -0.25) is 0 Å². The van der Waals surface area contributed by atoms with E-state index >= 15 is 0 Å². The summed E-state index contributed by atoms with van der Waals surface area (Å²) in [5.74, 6) is 8.03. The number of pyridine rings is 2. The number of aromatic nitrogens is 6. The summed E-state index contributed by atoms with van der Waals surface area (Å²) in [5, 5.41) is 8.69. The van der Waals surface area contributed by atoms with E-state index in [9.17, 15) is 26.3 Å². The summed E-state index contributed by atoms with van der Waals surface area (Å²) in [4.78, 5) is 8.05. The first-order valence-electron chi connectivity index (χ1n) is 15.4. The smallest absolute Gasteiger partial charge is 0.406 e. The molecule has 4 aromatic heterocycles. The molecule has 0 unspecified atom stereocenters. The van der Waals surface area contributed by atoms with Gasteiger partial charge in [-0.25, -0.2) is 19.3 Å². The van der Waals surface area contributed by atoms with Crippen molar-refractivity contribution in [1.82, 2.24) is 29.5 Å². The molecule has 4 heterocycles. The highest BCUT2D eigenvalue weighted by molar-refractivity contribution is 9.10. The Hall–Kier alpha value is -6.06. The number of alkyl halides is 6. The minimum Gasteiger partial charge on any atom is -0.406 e. The van der Waals surface area contributed by atoms with Crippen LogP contribution >= 0.6 is 15.9 Å². The molecule has 6 aromatic rings. The van der Waals surface area contributed by atoms with E-state index in [0.29, 0.717) is 28.3 Å². The summed E-state index contributed by atoms with van der Waals surface area (Å²) < 4.78 is 84.8. The predicted octanol–water partition coefficient (Wildman–Crippen LogP) is 9.40. The molecule has 0 aliphatic heterocycles. The van der Waals surface area contributed by atoms with Gasteiger partial charge in [-0.2, -0.15) is 10.2 Å². The van der Waals surface area contributed by atoms with Gasteiger partial charge in [-0.15, -0.1) is 32.8 Å². The number of hydrogen-bond acceptors (Lipinski definition) is 6. The lowest BCUT2D eigenvalue weighted by Crippen LogP contribution is -2.17. The van der Waals surface area contributed by atoms with E-state index in [-0.39, 0.29) is 11.5 Å². The Balaban J connectivity index is 0.000000204. The van der Waals surface area contributed by atoms with Gasteiger partial charge in [0.05, 0.1) is 45.3 Å². The average Bonchev–Trinajstić information content (AvgIpc) is 3.56. The number of rotatable bonds is 4. The van der Waals surface area contributed by atoms with Crippen molar-refractivity contribution >= 4 is 15.9 Å². The molecule has 0 bridgehead atoms. The van der Waals surface area contributed by atoms with E-state index < -0.39 is 12.7 Å². The normalized spacial score (nSPS) is 10.8. The standard InChI is InChI=1S/C19H14F3N3O.C14H11F3N2O.C5H4BrN/c1-13-18(11-6-15-5-3-4-12-23-15)14(2)25(24-13)16-7-9-17(10-8-16)26-19(20,21)22;1-4-13-9(2)18-19(10(13)3)11-5-7-12(8-6-11)20-14(15,16)17;6-5-3-1-2-4-7-5/h3-5,7-10,12H,1-2H3;1,5-8H,2-3H3;1-4H. The summed E-state index contributed by atoms with van der Waals surface area (Å²) in [7, 11) is 0. The summed E-state index contributed by atoms with van der Waals surface area (Å²) in [6.45, 7) is 7.25. The van der Waals surface area contributed by atoms with Gasteiger partial charge in [0.1, 0.15) is 21.8 Å². The van der Waals surface area contributed by atoms with E-state index in [4.69, 9.17) is 6.42 Å². The molecule has 0 saturated heterocycles. The van der Waals surface area contributed by atoms with Crippen molar-refractivity contribution < 1.29 is 35.8 Å². The van der Waals surface area contributed by atoms with Crippen LogP contribution in [0.1, 0.15) is 39.6 Å². The van der Waals surface area contributed by atoms with Crippen molar-refractivity contribution in [3.63, 3.8) is 0 Å². The molecular weight excluding hydrogens is 766 g/mol. The Bertz CT molecular complexity index is 2220. The monoisotopic (exact) mass is 794 g/mol. The summed E-state index contributed by atoms with van der Waals surface area (Å²) >= 11 is 3.20. The lowest BCUT2D eigenvalue weighted by atomic mass is 10.2. The van der Waals surface area contributed by atoms with Crippen molar-refractivity contribution in [1.29, 1.82) is 0 Å². The lowest BCUT2D eigenvalue weighted by Gasteiger charge is -2.10. The van der Waals surface area contributed by atoms with Crippen molar-refractivity contribution in [3.8, 4) is 47.1 Å². The number of ether oxygens (including phenoxy) is 2. The van der Waals surface area contributed by atoms with Gasteiger partial charge >= 0.3 is 12.7 Å². The van der Waals surface area contributed by atoms with E-state index in [1.165, 1.54) is 48.5 Å². The molecule has 272 valence electrons. The molecule has 0 radical (unpaired) electrons. The zero-order chi connectivity index (χ0) is 38.8. The molecule has 53 heavy (non-hydrogen) atoms. The summed E-state index contributed by atoms with van der Waals surface area (Å²) in [5.41, 5.74) is 6.28. The zero-order valence-corrected chi connectivity index (χ0v) is 30.0. The Morgan fingerprint density at radius 3 is 1.42 bits per heavy atom. The molecule has 15 heteroatoms. The molecule has 0 aliphatic rings. The predicted molar refractivity (Wildman–Crippen MR) is 190 cm³/mol. The van der Waals surface area contributed by atoms with Gasteiger partial charge in [0.25, 0.3) is 0 Å². The highest BCUT2D eigenvalue weighted by atomic mass is 79.9. The maximum Gasteiger partial charge on any atom is 0.573 e. The molecule has 0 aliphatic carbocycles. The number of halogens is 7. The van der Waals surface area contributed by atoms with Gasteiger partial charge in [0, 0.05) is 12.4 Å². The fourth-order valence-electron chi connectivity index (χ4n) is 4.66. The van der Waals surface area contributed by atoms with E-state index in [1.807, 2.05) is 50.2 Å². The van der Waals surface area contributed by atoms with Crippen LogP contribution in [0.15, 0.2) is 102 Å². The zero-order valence-electron chi connectivity index (χ0n) is 28.5. The second kappa shape index (κ2) is 17.4. The Kier molecular flexibility index (Phi) is 13.1. The minimum atomic E-state index is -4.71.